The molecule has 1 aromatic rings. The van der Waals surface area contributed by atoms with E-state index in [1.165, 1.54) is 0 Å². The van der Waals surface area contributed by atoms with Gasteiger partial charge in [-0.1, -0.05) is 0 Å². The highest BCUT2D eigenvalue weighted by atomic mass is 16.4. The number of aromatic amines is 1. The summed E-state index contributed by atoms with van der Waals surface area (Å²) in [6, 6.07) is -1.12. The molecule has 1 atom stereocenters. The molecule has 16 heavy (non-hydrogen) atoms. The lowest BCUT2D eigenvalue weighted by Crippen LogP contribution is -2.43. The van der Waals surface area contributed by atoms with Crippen molar-refractivity contribution < 1.29 is 19.8 Å². The second-order valence-corrected chi connectivity index (χ2v) is 3.28. The molecule has 1 rings (SSSR count). The molecule has 1 amide bonds. The van der Waals surface area contributed by atoms with Crippen molar-refractivity contribution in [1.29, 1.82) is 0 Å². The van der Waals surface area contributed by atoms with Crippen LogP contribution >= 0.6 is 0 Å². The van der Waals surface area contributed by atoms with Gasteiger partial charge in [0.05, 0.1) is 5.69 Å². The number of nitrogens with one attached hydrogen (secondary N) is 2. The van der Waals surface area contributed by atoms with E-state index in [0.29, 0.717) is 11.5 Å². The summed E-state index contributed by atoms with van der Waals surface area (Å²) < 4.78 is 0. The average Bonchev–Trinajstić information content (AvgIpc) is 2.62. The molecule has 87 valence electrons. The number of nitrogens with zero attached hydrogens (tertiary/aromatic N) is 1. The van der Waals surface area contributed by atoms with E-state index in [-0.39, 0.29) is 6.42 Å². The zero-order chi connectivity index (χ0) is 12.1. The monoisotopic (exact) mass is 226 g/mol. The molecule has 1 unspecified atom stereocenters. The minimum absolute atomic E-state index is 0.0470. The smallest absolute Gasteiger partial charge is 0.326 e. The van der Waals surface area contributed by atoms with E-state index < -0.39 is 24.5 Å². The van der Waals surface area contributed by atoms with Crippen LogP contribution in [-0.2, 0) is 21.1 Å². The number of carboxylic acids is 1. The number of H-pyrrole nitrogens is 1. The molecule has 0 aliphatic heterocycles. The third kappa shape index (κ3) is 3.35. The van der Waals surface area contributed by atoms with Gasteiger partial charge in [-0.25, -0.2) is 14.9 Å². The normalized spacial score (nSPS) is 12.1. The SMILES string of the molecule is Cc1nc(CC(NC(=O)C[O])C(=O)O)c[nH]1. The topological polar surface area (TPSA) is 115 Å². The lowest BCUT2D eigenvalue weighted by atomic mass is 10.1. The maximum absolute atomic E-state index is 10.8. The molecule has 1 aromatic heterocycles. The van der Waals surface area contributed by atoms with Crippen LogP contribution < -0.4 is 5.32 Å². The van der Waals surface area contributed by atoms with E-state index in [4.69, 9.17) is 5.11 Å². The molecule has 0 aromatic carbocycles. The summed E-state index contributed by atoms with van der Waals surface area (Å²) in [4.78, 5) is 28.4. The number of carbonyl (C=O) groups is 2. The quantitative estimate of drug-likeness (QED) is 0.613. The van der Waals surface area contributed by atoms with Gasteiger partial charge >= 0.3 is 5.97 Å². The predicted octanol–water partition coefficient (Wildman–Crippen LogP) is -0.739. The Labute approximate surface area is 91.5 Å². The first-order valence-corrected chi connectivity index (χ1v) is 4.64. The standard InChI is InChI=1S/C9H12N3O4/c1-5-10-3-6(11-5)2-7(9(15)16)12-8(14)4-13/h3,7H,2,4H2,1H3,(H,10,11)(H,12,14)(H,15,16). The molecule has 0 aliphatic carbocycles. The summed E-state index contributed by atoms with van der Waals surface area (Å²) in [5, 5.41) is 21.2. The number of carboxylic acid groups (broad SMARTS) is 1. The Morgan fingerprint density at radius 2 is 2.31 bits per heavy atom. The molecule has 0 spiro atoms. The van der Waals surface area contributed by atoms with Crippen molar-refractivity contribution in [2.24, 2.45) is 0 Å². The number of aryl methyl sites for hydroxylation is 1. The Morgan fingerprint density at radius 3 is 2.75 bits per heavy atom. The number of rotatable bonds is 5. The number of imidazole rings is 1. The van der Waals surface area contributed by atoms with Crippen LogP contribution in [0, 0.1) is 6.92 Å². The third-order valence-electron chi connectivity index (χ3n) is 1.94. The van der Waals surface area contributed by atoms with Gasteiger partial charge in [0.15, 0.2) is 6.61 Å². The van der Waals surface area contributed by atoms with Gasteiger partial charge in [0.1, 0.15) is 11.9 Å². The van der Waals surface area contributed by atoms with E-state index >= 15 is 0 Å². The molecular weight excluding hydrogens is 214 g/mol. The predicted molar refractivity (Wildman–Crippen MR) is 52.1 cm³/mol. The average molecular weight is 226 g/mol. The summed E-state index contributed by atoms with van der Waals surface area (Å²) >= 11 is 0. The molecule has 0 fully saturated rings. The van der Waals surface area contributed by atoms with Gasteiger partial charge in [-0.15, -0.1) is 0 Å². The van der Waals surface area contributed by atoms with Gasteiger partial charge in [-0.2, -0.15) is 0 Å². The zero-order valence-corrected chi connectivity index (χ0v) is 8.69. The van der Waals surface area contributed by atoms with E-state index in [0.717, 1.165) is 0 Å². The molecule has 7 heteroatoms. The zero-order valence-electron chi connectivity index (χ0n) is 8.69. The molecule has 0 saturated carbocycles. The highest BCUT2D eigenvalue weighted by Crippen LogP contribution is 2.01. The maximum Gasteiger partial charge on any atom is 0.326 e. The van der Waals surface area contributed by atoms with Gasteiger partial charge in [0.2, 0.25) is 5.91 Å². The molecular formula is C9H12N3O4. The summed E-state index contributed by atoms with van der Waals surface area (Å²) in [5.41, 5.74) is 0.524. The van der Waals surface area contributed by atoms with E-state index in [9.17, 15) is 14.7 Å². The van der Waals surface area contributed by atoms with Crippen LogP contribution in [0.15, 0.2) is 6.20 Å². The van der Waals surface area contributed by atoms with Crippen LogP contribution in [0.1, 0.15) is 11.5 Å². The minimum Gasteiger partial charge on any atom is -0.480 e. The summed E-state index contributed by atoms with van der Waals surface area (Å²) in [6.07, 6.45) is 1.61. The van der Waals surface area contributed by atoms with Crippen molar-refractivity contribution in [2.75, 3.05) is 6.61 Å². The minimum atomic E-state index is -1.19. The van der Waals surface area contributed by atoms with Crippen LogP contribution in [0.2, 0.25) is 0 Å². The van der Waals surface area contributed by atoms with Crippen molar-refractivity contribution in [3.63, 3.8) is 0 Å². The van der Waals surface area contributed by atoms with Crippen LogP contribution in [0.4, 0.5) is 0 Å². The Hall–Kier alpha value is -1.89. The van der Waals surface area contributed by atoms with Gasteiger partial charge in [-0.05, 0) is 6.92 Å². The molecule has 0 saturated heterocycles. The highest BCUT2D eigenvalue weighted by molar-refractivity contribution is 5.84. The first-order valence-electron chi connectivity index (χ1n) is 4.64. The Kier molecular flexibility index (Phi) is 4.01. The van der Waals surface area contributed by atoms with Crippen molar-refractivity contribution in [1.82, 2.24) is 15.3 Å². The van der Waals surface area contributed by atoms with Crippen molar-refractivity contribution >= 4 is 11.9 Å². The first-order chi connectivity index (χ1) is 7.52. The van der Waals surface area contributed by atoms with Crippen molar-refractivity contribution in [2.45, 2.75) is 19.4 Å². The lowest BCUT2D eigenvalue weighted by molar-refractivity contribution is -0.142. The number of aromatic nitrogens is 2. The molecule has 1 heterocycles. The van der Waals surface area contributed by atoms with Gasteiger partial charge in [0, 0.05) is 12.6 Å². The molecule has 7 nitrogen and oxygen atoms in total. The van der Waals surface area contributed by atoms with Gasteiger partial charge < -0.3 is 15.4 Å². The molecule has 0 aliphatic rings. The highest BCUT2D eigenvalue weighted by Gasteiger charge is 2.21. The summed E-state index contributed by atoms with van der Waals surface area (Å²) in [6.45, 7) is 0.749. The maximum atomic E-state index is 10.8. The fourth-order valence-corrected chi connectivity index (χ4v) is 1.22. The van der Waals surface area contributed by atoms with E-state index in [1.807, 2.05) is 0 Å². The Bertz CT molecular complexity index is 388. The lowest BCUT2D eigenvalue weighted by Gasteiger charge is -2.11. The van der Waals surface area contributed by atoms with Crippen LogP contribution in [0.25, 0.3) is 0 Å². The number of hydrogen-bond donors (Lipinski definition) is 3. The summed E-state index contributed by atoms with van der Waals surface area (Å²) in [5.74, 6) is -1.36. The Morgan fingerprint density at radius 1 is 1.62 bits per heavy atom. The third-order valence-corrected chi connectivity index (χ3v) is 1.94. The van der Waals surface area contributed by atoms with E-state index in [2.05, 4.69) is 15.3 Å². The molecule has 1 radical (unpaired) electrons. The Balaban J connectivity index is 2.65. The fourth-order valence-electron chi connectivity index (χ4n) is 1.22. The number of carbonyl (C=O) groups excluding carboxylic acids is 1. The molecule has 0 bridgehead atoms. The number of amides is 1. The fraction of sp³-hybridized carbons (Fsp3) is 0.444. The van der Waals surface area contributed by atoms with Crippen LogP contribution in [0.3, 0.4) is 0 Å². The van der Waals surface area contributed by atoms with Crippen LogP contribution in [0.5, 0.6) is 0 Å². The second kappa shape index (κ2) is 5.26. The largest absolute Gasteiger partial charge is 0.480 e. The first kappa shape index (κ1) is 12.2. The molecule has 3 N–H and O–H groups in total. The number of aliphatic carboxylic acids is 1. The van der Waals surface area contributed by atoms with E-state index in [1.54, 1.807) is 13.1 Å². The second-order valence-electron chi connectivity index (χ2n) is 3.28. The van der Waals surface area contributed by atoms with Gasteiger partial charge in [0.25, 0.3) is 0 Å². The van der Waals surface area contributed by atoms with Crippen molar-refractivity contribution in [3.05, 3.63) is 17.7 Å². The number of hydrogen-bond acceptors (Lipinski definition) is 3. The van der Waals surface area contributed by atoms with Crippen LogP contribution in [-0.4, -0.2) is 39.6 Å². The van der Waals surface area contributed by atoms with Gasteiger partial charge in [-0.3, -0.25) is 4.79 Å². The van der Waals surface area contributed by atoms with Crippen molar-refractivity contribution in [3.8, 4) is 0 Å². The summed E-state index contributed by atoms with van der Waals surface area (Å²) in [7, 11) is 0.